The van der Waals surface area contributed by atoms with Crippen molar-refractivity contribution in [3.8, 4) is 0 Å². The molecule has 11 nitrogen and oxygen atoms in total. The maximum Gasteiger partial charge on any atom is 0.303 e. The SMILES string of the molecule is CC(=O)O[C@H](CC(=O)[C@H]1OC(C)(C)O[C@@H]1[C@H]1COC(C)(C)O1)[C@H]1O[C@@H]2OC(C)(C)O[C@@H]2[C@H]1OCc1ccccc1. The number of rotatable bonds is 9. The number of benzene rings is 1. The number of ketones is 1. The Morgan fingerprint density at radius 2 is 1.57 bits per heavy atom. The molecule has 40 heavy (non-hydrogen) atoms. The maximum absolute atomic E-state index is 13.8. The van der Waals surface area contributed by atoms with E-state index in [0.29, 0.717) is 0 Å². The van der Waals surface area contributed by atoms with Crippen LogP contribution in [0.4, 0.5) is 0 Å². The Morgan fingerprint density at radius 1 is 0.900 bits per heavy atom. The van der Waals surface area contributed by atoms with E-state index in [1.165, 1.54) is 6.92 Å². The van der Waals surface area contributed by atoms with Crippen LogP contribution in [0.15, 0.2) is 30.3 Å². The fourth-order valence-electron chi connectivity index (χ4n) is 5.70. The summed E-state index contributed by atoms with van der Waals surface area (Å²) in [5.41, 5.74) is 0.950. The van der Waals surface area contributed by atoms with Crippen molar-refractivity contribution in [1.82, 2.24) is 0 Å². The van der Waals surface area contributed by atoms with Gasteiger partial charge in [-0.3, -0.25) is 9.59 Å². The molecule has 222 valence electrons. The normalized spacial score (nSPS) is 36.3. The summed E-state index contributed by atoms with van der Waals surface area (Å²) in [5, 5.41) is 0. The number of ether oxygens (including phenoxy) is 9. The highest BCUT2D eigenvalue weighted by atomic mass is 16.8. The fraction of sp³-hybridized carbons (Fsp3) is 0.724. The third-order valence-corrected chi connectivity index (χ3v) is 7.24. The Labute approximate surface area is 234 Å². The van der Waals surface area contributed by atoms with Gasteiger partial charge in [0.05, 0.1) is 13.2 Å². The first kappa shape index (κ1) is 29.5. The molecule has 0 aromatic heterocycles. The lowest BCUT2D eigenvalue weighted by molar-refractivity contribution is -0.233. The summed E-state index contributed by atoms with van der Waals surface area (Å²) in [6.45, 7) is 12.5. The van der Waals surface area contributed by atoms with Crippen molar-refractivity contribution in [2.75, 3.05) is 6.61 Å². The van der Waals surface area contributed by atoms with Crippen LogP contribution >= 0.6 is 0 Å². The number of fused-ring (bicyclic) bond motifs is 1. The molecule has 0 unspecified atom stereocenters. The van der Waals surface area contributed by atoms with Crippen LogP contribution < -0.4 is 0 Å². The molecule has 4 fully saturated rings. The van der Waals surface area contributed by atoms with Gasteiger partial charge in [0, 0.05) is 13.3 Å². The van der Waals surface area contributed by atoms with E-state index in [2.05, 4.69) is 0 Å². The zero-order valence-electron chi connectivity index (χ0n) is 24.1. The molecule has 4 aliphatic heterocycles. The lowest BCUT2D eigenvalue weighted by Crippen LogP contribution is -2.48. The van der Waals surface area contributed by atoms with Crippen molar-refractivity contribution < 1.29 is 52.2 Å². The van der Waals surface area contributed by atoms with Gasteiger partial charge in [-0.15, -0.1) is 0 Å². The molecule has 5 rings (SSSR count). The van der Waals surface area contributed by atoms with E-state index in [1.807, 2.05) is 30.3 Å². The van der Waals surface area contributed by atoms with E-state index in [0.717, 1.165) is 5.56 Å². The first-order valence-electron chi connectivity index (χ1n) is 13.8. The van der Waals surface area contributed by atoms with Gasteiger partial charge in [0.2, 0.25) is 0 Å². The molecule has 4 aliphatic rings. The molecule has 11 heteroatoms. The molecule has 0 N–H and O–H groups in total. The van der Waals surface area contributed by atoms with Crippen molar-refractivity contribution in [3.05, 3.63) is 35.9 Å². The molecule has 4 saturated heterocycles. The van der Waals surface area contributed by atoms with Crippen LogP contribution in [0.2, 0.25) is 0 Å². The van der Waals surface area contributed by atoms with Gasteiger partial charge in [0.15, 0.2) is 29.4 Å². The summed E-state index contributed by atoms with van der Waals surface area (Å²) in [5.74, 6) is -3.59. The highest BCUT2D eigenvalue weighted by molar-refractivity contribution is 5.85. The minimum Gasteiger partial charge on any atom is -0.459 e. The number of esters is 1. The van der Waals surface area contributed by atoms with Crippen molar-refractivity contribution in [2.45, 2.75) is 128 Å². The summed E-state index contributed by atoms with van der Waals surface area (Å²) in [6, 6.07) is 9.66. The minimum atomic E-state index is -1.02. The van der Waals surface area contributed by atoms with Crippen molar-refractivity contribution in [3.63, 3.8) is 0 Å². The molecular formula is C29H40O11. The first-order valence-corrected chi connectivity index (χ1v) is 13.8. The molecule has 8 atom stereocenters. The van der Waals surface area contributed by atoms with Crippen LogP contribution in [0.25, 0.3) is 0 Å². The summed E-state index contributed by atoms with van der Waals surface area (Å²) >= 11 is 0. The number of Topliss-reactive ketones (excluding diaryl/α,β-unsaturated/α-hetero) is 1. The molecule has 4 heterocycles. The quantitative estimate of drug-likeness (QED) is 0.412. The highest BCUT2D eigenvalue weighted by Gasteiger charge is 2.59. The van der Waals surface area contributed by atoms with E-state index in [9.17, 15) is 9.59 Å². The predicted molar refractivity (Wildman–Crippen MR) is 138 cm³/mol. The standard InChI is InChI=1S/C29H40O11/c1-16(30)34-19(13-18(31)21-23(38-28(4,5)37-21)20-15-33-27(2,3)36-20)22-24(32-14-17-11-9-8-10-12-17)25-26(35-22)40-29(6,7)39-25/h8-12,19-26H,13-15H2,1-7H3/t19-,20-,21-,22-,23-,24+,25-,26-/m1/s1. The first-order chi connectivity index (χ1) is 18.7. The number of carbonyl (C=O) groups is 2. The minimum absolute atomic E-state index is 0.199. The average molecular weight is 565 g/mol. The van der Waals surface area contributed by atoms with E-state index in [4.69, 9.17) is 42.6 Å². The van der Waals surface area contributed by atoms with Gasteiger partial charge in [0.25, 0.3) is 0 Å². The molecule has 0 amide bonds. The van der Waals surface area contributed by atoms with Crippen LogP contribution in [-0.4, -0.2) is 84.7 Å². The zero-order valence-corrected chi connectivity index (χ0v) is 24.1. The van der Waals surface area contributed by atoms with Crippen molar-refractivity contribution in [1.29, 1.82) is 0 Å². The van der Waals surface area contributed by atoms with E-state index in [1.54, 1.807) is 41.5 Å². The van der Waals surface area contributed by atoms with Gasteiger partial charge in [-0.25, -0.2) is 0 Å². The van der Waals surface area contributed by atoms with E-state index in [-0.39, 0.29) is 25.4 Å². The van der Waals surface area contributed by atoms with Crippen LogP contribution in [0.5, 0.6) is 0 Å². The Morgan fingerprint density at radius 3 is 2.23 bits per heavy atom. The van der Waals surface area contributed by atoms with Gasteiger partial charge in [-0.1, -0.05) is 30.3 Å². The maximum atomic E-state index is 13.8. The number of hydrogen-bond donors (Lipinski definition) is 0. The van der Waals surface area contributed by atoms with Crippen molar-refractivity contribution >= 4 is 11.8 Å². The van der Waals surface area contributed by atoms with Crippen LogP contribution in [-0.2, 0) is 58.8 Å². The molecule has 0 spiro atoms. The second-order valence-electron chi connectivity index (χ2n) is 12.0. The number of hydrogen-bond acceptors (Lipinski definition) is 11. The van der Waals surface area contributed by atoms with Gasteiger partial charge in [0.1, 0.15) is 42.7 Å². The van der Waals surface area contributed by atoms with Gasteiger partial charge >= 0.3 is 5.97 Å². The smallest absolute Gasteiger partial charge is 0.303 e. The molecule has 1 aromatic rings. The van der Waals surface area contributed by atoms with Crippen LogP contribution in [0.1, 0.15) is 60.5 Å². The lowest BCUT2D eigenvalue weighted by atomic mass is 9.96. The van der Waals surface area contributed by atoms with Crippen LogP contribution in [0.3, 0.4) is 0 Å². The monoisotopic (exact) mass is 564 g/mol. The lowest BCUT2D eigenvalue weighted by Gasteiger charge is -2.31. The third kappa shape index (κ3) is 6.57. The Balaban J connectivity index is 1.35. The van der Waals surface area contributed by atoms with Crippen molar-refractivity contribution in [2.24, 2.45) is 0 Å². The molecule has 0 bridgehead atoms. The topological polar surface area (TPSA) is 117 Å². The third-order valence-electron chi connectivity index (χ3n) is 7.24. The highest BCUT2D eigenvalue weighted by Crippen LogP contribution is 2.42. The zero-order chi connectivity index (χ0) is 28.9. The molecule has 1 aromatic carbocycles. The van der Waals surface area contributed by atoms with E-state index >= 15 is 0 Å². The van der Waals surface area contributed by atoms with Crippen LogP contribution in [0, 0.1) is 0 Å². The van der Waals surface area contributed by atoms with Gasteiger partial charge < -0.3 is 42.6 Å². The summed E-state index contributed by atoms with van der Waals surface area (Å²) in [6.07, 6.45) is -6.21. The summed E-state index contributed by atoms with van der Waals surface area (Å²) in [7, 11) is 0. The Hall–Kier alpha value is -1.96. The summed E-state index contributed by atoms with van der Waals surface area (Å²) < 4.78 is 54.1. The van der Waals surface area contributed by atoms with E-state index < -0.39 is 72.3 Å². The largest absolute Gasteiger partial charge is 0.459 e. The average Bonchev–Trinajstić information content (AvgIpc) is 3.56. The predicted octanol–water partition coefficient (Wildman–Crippen LogP) is 3.01. The summed E-state index contributed by atoms with van der Waals surface area (Å²) in [4.78, 5) is 26.0. The van der Waals surface area contributed by atoms with Gasteiger partial charge in [-0.2, -0.15) is 0 Å². The second-order valence-corrected chi connectivity index (χ2v) is 12.0. The number of carbonyl (C=O) groups excluding carboxylic acids is 2. The second kappa shape index (κ2) is 11.0. The fourth-order valence-corrected chi connectivity index (χ4v) is 5.70. The Bertz CT molecular complexity index is 1070. The molecule has 0 radical (unpaired) electrons. The molecular weight excluding hydrogens is 524 g/mol. The Kier molecular flexibility index (Phi) is 8.14. The van der Waals surface area contributed by atoms with Gasteiger partial charge in [-0.05, 0) is 47.1 Å². The molecule has 0 saturated carbocycles. The molecule has 0 aliphatic carbocycles.